The topological polar surface area (TPSA) is 65.5 Å². The van der Waals surface area contributed by atoms with E-state index in [1.165, 1.54) is 18.5 Å². The molecule has 2 atom stereocenters. The zero-order chi connectivity index (χ0) is 11.8. The van der Waals surface area contributed by atoms with Gasteiger partial charge in [-0.05, 0) is 18.4 Å². The maximum absolute atomic E-state index is 12.3. The minimum Gasteiger partial charge on any atom is -0.506 e. The van der Waals surface area contributed by atoms with E-state index in [0.29, 0.717) is 17.5 Å². The van der Waals surface area contributed by atoms with Crippen LogP contribution >= 0.6 is 0 Å². The van der Waals surface area contributed by atoms with Crippen molar-refractivity contribution in [1.82, 2.24) is 15.2 Å². The number of likely N-dealkylation sites (tertiary alicyclic amines) is 1. The van der Waals surface area contributed by atoms with Crippen molar-refractivity contribution in [3.05, 3.63) is 24.0 Å². The summed E-state index contributed by atoms with van der Waals surface area (Å²) in [5.74, 6) is 0.602. The molecule has 2 N–H and O–H groups in total. The van der Waals surface area contributed by atoms with E-state index >= 15 is 0 Å². The summed E-state index contributed by atoms with van der Waals surface area (Å²) in [5.41, 5.74) is 0.470. The normalized spacial score (nSPS) is 27.2. The summed E-state index contributed by atoms with van der Waals surface area (Å²) >= 11 is 0. The summed E-state index contributed by atoms with van der Waals surface area (Å²) in [6.45, 7) is 2.70. The van der Waals surface area contributed by atoms with Gasteiger partial charge in [0.2, 0.25) is 0 Å². The van der Waals surface area contributed by atoms with E-state index in [2.05, 4.69) is 10.3 Å². The summed E-state index contributed by atoms with van der Waals surface area (Å²) in [4.78, 5) is 18.0. The Bertz CT molecular complexity index is 449. The van der Waals surface area contributed by atoms with Crippen molar-refractivity contribution in [2.24, 2.45) is 5.92 Å². The van der Waals surface area contributed by atoms with Crippen LogP contribution in [0.25, 0.3) is 0 Å². The van der Waals surface area contributed by atoms with Crippen LogP contribution in [0.15, 0.2) is 18.5 Å². The Kier molecular flexibility index (Phi) is 2.48. The largest absolute Gasteiger partial charge is 0.506 e. The Morgan fingerprint density at radius 2 is 2.35 bits per heavy atom. The average Bonchev–Trinajstić information content (AvgIpc) is 2.89. The van der Waals surface area contributed by atoms with Gasteiger partial charge < -0.3 is 15.3 Å². The summed E-state index contributed by atoms with van der Waals surface area (Å²) < 4.78 is 0. The Morgan fingerprint density at radius 3 is 3.18 bits per heavy atom. The van der Waals surface area contributed by atoms with Crippen molar-refractivity contribution < 1.29 is 9.90 Å². The molecule has 0 bridgehead atoms. The molecule has 3 rings (SSSR count). The Balaban J connectivity index is 1.83. The molecule has 2 saturated heterocycles. The first-order valence-electron chi connectivity index (χ1n) is 5.91. The van der Waals surface area contributed by atoms with Gasteiger partial charge in [-0.3, -0.25) is 9.78 Å². The molecule has 0 radical (unpaired) electrons. The number of hydrogen-bond acceptors (Lipinski definition) is 4. The molecular formula is C12H15N3O2. The fraction of sp³-hybridized carbons (Fsp3) is 0.500. The molecule has 1 aromatic rings. The van der Waals surface area contributed by atoms with Crippen LogP contribution in [-0.2, 0) is 0 Å². The highest BCUT2D eigenvalue weighted by atomic mass is 16.3. The lowest BCUT2D eigenvalue weighted by Gasteiger charge is -2.23. The minimum atomic E-state index is -0.0235. The second-order valence-electron chi connectivity index (χ2n) is 4.70. The van der Waals surface area contributed by atoms with Gasteiger partial charge in [-0.1, -0.05) is 0 Å². The van der Waals surface area contributed by atoms with E-state index in [1.807, 2.05) is 4.90 Å². The fourth-order valence-electron chi connectivity index (χ4n) is 2.81. The lowest BCUT2D eigenvalue weighted by molar-refractivity contribution is 0.0736. The SMILES string of the molecule is O=C(c1cncc(O)c1)N1CC[C@H]2CNC[C@H]21. The molecule has 2 aliphatic heterocycles. The van der Waals surface area contributed by atoms with Crippen LogP contribution in [0, 0.1) is 5.92 Å². The molecule has 3 heterocycles. The van der Waals surface area contributed by atoms with Gasteiger partial charge in [0.15, 0.2) is 0 Å². The van der Waals surface area contributed by atoms with Crippen LogP contribution in [0.5, 0.6) is 5.75 Å². The highest BCUT2D eigenvalue weighted by molar-refractivity contribution is 5.94. The standard InChI is InChI=1S/C12H15N3O2/c16-10-3-9(5-13-6-10)12(17)15-2-1-8-4-14-7-11(8)15/h3,5-6,8,11,14,16H,1-2,4,7H2/t8-,11+/m0/s1. The van der Waals surface area contributed by atoms with E-state index in [0.717, 1.165) is 26.1 Å². The first kappa shape index (κ1) is 10.5. The van der Waals surface area contributed by atoms with Crippen LogP contribution in [0.4, 0.5) is 0 Å². The summed E-state index contributed by atoms with van der Waals surface area (Å²) in [6.07, 6.45) is 3.91. The van der Waals surface area contributed by atoms with Gasteiger partial charge in [-0.25, -0.2) is 0 Å². The molecule has 0 aliphatic carbocycles. The van der Waals surface area contributed by atoms with Crippen LogP contribution in [0.2, 0.25) is 0 Å². The van der Waals surface area contributed by atoms with Crippen molar-refractivity contribution >= 4 is 5.91 Å². The third-order valence-electron chi connectivity index (χ3n) is 3.68. The minimum absolute atomic E-state index is 0.0235. The zero-order valence-electron chi connectivity index (χ0n) is 9.47. The van der Waals surface area contributed by atoms with Gasteiger partial charge >= 0.3 is 0 Å². The number of amides is 1. The van der Waals surface area contributed by atoms with E-state index in [9.17, 15) is 9.90 Å². The molecule has 0 saturated carbocycles. The van der Waals surface area contributed by atoms with Crippen molar-refractivity contribution in [1.29, 1.82) is 0 Å². The zero-order valence-corrected chi connectivity index (χ0v) is 9.47. The number of nitrogens with zero attached hydrogens (tertiary/aromatic N) is 2. The molecule has 5 heteroatoms. The molecule has 0 spiro atoms. The summed E-state index contributed by atoms with van der Waals surface area (Å²) in [6, 6.07) is 1.79. The molecular weight excluding hydrogens is 218 g/mol. The molecule has 90 valence electrons. The van der Waals surface area contributed by atoms with Gasteiger partial charge in [0.05, 0.1) is 11.8 Å². The maximum Gasteiger partial charge on any atom is 0.255 e. The molecule has 0 aromatic carbocycles. The fourth-order valence-corrected chi connectivity index (χ4v) is 2.81. The first-order valence-corrected chi connectivity index (χ1v) is 5.91. The Morgan fingerprint density at radius 1 is 1.47 bits per heavy atom. The first-order chi connectivity index (χ1) is 8.25. The molecule has 0 unspecified atom stereocenters. The van der Waals surface area contributed by atoms with Crippen LogP contribution in [0.3, 0.4) is 0 Å². The highest BCUT2D eigenvalue weighted by Gasteiger charge is 2.40. The number of aromatic nitrogens is 1. The monoisotopic (exact) mass is 233 g/mol. The second-order valence-corrected chi connectivity index (χ2v) is 4.70. The molecule has 2 aliphatic rings. The van der Waals surface area contributed by atoms with Crippen molar-refractivity contribution in [2.75, 3.05) is 19.6 Å². The van der Waals surface area contributed by atoms with Gasteiger partial charge in [-0.2, -0.15) is 0 Å². The van der Waals surface area contributed by atoms with E-state index in [-0.39, 0.29) is 11.7 Å². The van der Waals surface area contributed by atoms with Crippen molar-refractivity contribution in [3.63, 3.8) is 0 Å². The quantitative estimate of drug-likeness (QED) is 0.728. The van der Waals surface area contributed by atoms with Crippen LogP contribution < -0.4 is 5.32 Å². The second kappa shape index (κ2) is 4.00. The summed E-state index contributed by atoms with van der Waals surface area (Å²) in [5, 5.41) is 12.7. The number of aromatic hydroxyl groups is 1. The van der Waals surface area contributed by atoms with Crippen LogP contribution in [0.1, 0.15) is 16.8 Å². The Labute approximate surface area is 99.5 Å². The van der Waals surface area contributed by atoms with Gasteiger partial charge in [-0.15, -0.1) is 0 Å². The number of carbonyl (C=O) groups excluding carboxylic acids is 1. The van der Waals surface area contributed by atoms with Crippen molar-refractivity contribution in [2.45, 2.75) is 12.5 Å². The molecule has 2 fully saturated rings. The van der Waals surface area contributed by atoms with Crippen LogP contribution in [-0.4, -0.2) is 46.6 Å². The maximum atomic E-state index is 12.3. The predicted octanol–water partition coefficient (Wildman–Crippen LogP) is 0.221. The van der Waals surface area contributed by atoms with Gasteiger partial charge in [0, 0.05) is 31.9 Å². The highest BCUT2D eigenvalue weighted by Crippen LogP contribution is 2.28. The lowest BCUT2D eigenvalue weighted by atomic mass is 10.0. The third kappa shape index (κ3) is 1.76. The van der Waals surface area contributed by atoms with E-state index in [1.54, 1.807) is 0 Å². The number of fused-ring (bicyclic) bond motifs is 1. The third-order valence-corrected chi connectivity index (χ3v) is 3.68. The molecule has 5 nitrogen and oxygen atoms in total. The molecule has 1 aromatic heterocycles. The van der Waals surface area contributed by atoms with Crippen molar-refractivity contribution in [3.8, 4) is 5.75 Å². The number of hydrogen-bond donors (Lipinski definition) is 2. The van der Waals surface area contributed by atoms with Gasteiger partial charge in [0.1, 0.15) is 5.75 Å². The number of carbonyl (C=O) groups is 1. The average molecular weight is 233 g/mol. The van der Waals surface area contributed by atoms with E-state index < -0.39 is 0 Å². The number of nitrogens with one attached hydrogen (secondary N) is 1. The molecule has 1 amide bonds. The molecule has 17 heavy (non-hydrogen) atoms. The Hall–Kier alpha value is -1.62. The smallest absolute Gasteiger partial charge is 0.255 e. The predicted molar refractivity (Wildman–Crippen MR) is 61.7 cm³/mol. The summed E-state index contributed by atoms with van der Waals surface area (Å²) in [7, 11) is 0. The number of rotatable bonds is 1. The van der Waals surface area contributed by atoms with Gasteiger partial charge in [0.25, 0.3) is 5.91 Å². The number of pyridine rings is 1. The van der Waals surface area contributed by atoms with E-state index in [4.69, 9.17) is 0 Å². The lowest BCUT2D eigenvalue weighted by Crippen LogP contribution is -2.39.